The predicted molar refractivity (Wildman–Crippen MR) is 81.0 cm³/mol. The average molecular weight is 395 g/mol. The molecule has 0 aliphatic rings. The van der Waals surface area contributed by atoms with E-state index in [1.54, 1.807) is 0 Å². The van der Waals surface area contributed by atoms with Crippen LogP contribution in [-0.4, -0.2) is 57.7 Å². The summed E-state index contributed by atoms with van der Waals surface area (Å²) in [5.41, 5.74) is 0.925. The molecular formula is C13H18INO5. The first-order chi connectivity index (χ1) is 9.49. The second-order valence-corrected chi connectivity index (χ2v) is 5.59. The van der Waals surface area contributed by atoms with Crippen LogP contribution in [0.2, 0.25) is 0 Å². The molecule has 0 fully saturated rings. The van der Waals surface area contributed by atoms with E-state index < -0.39 is 37.2 Å². The molecule has 0 saturated carbocycles. The van der Waals surface area contributed by atoms with E-state index in [2.05, 4.69) is 27.9 Å². The molecule has 0 aliphatic heterocycles. The highest BCUT2D eigenvalue weighted by molar-refractivity contribution is 14.1. The van der Waals surface area contributed by atoms with Crippen molar-refractivity contribution in [3.05, 3.63) is 33.4 Å². The number of rotatable bonds is 8. The minimum Gasteiger partial charge on any atom is -0.394 e. The van der Waals surface area contributed by atoms with Crippen LogP contribution in [-0.2, 0) is 11.3 Å². The largest absolute Gasteiger partial charge is 0.394 e. The summed E-state index contributed by atoms with van der Waals surface area (Å²) in [4.78, 5) is 11.8. The Hall–Kier alpha value is -0.580. The van der Waals surface area contributed by atoms with Gasteiger partial charge in [-0.1, -0.05) is 12.1 Å². The Labute approximate surface area is 130 Å². The number of Topliss-reactive ketones (excluding diaryl/α,β-unsaturated/α-hetero) is 1. The highest BCUT2D eigenvalue weighted by Crippen LogP contribution is 2.07. The third-order valence-electron chi connectivity index (χ3n) is 2.83. The molecule has 0 saturated heterocycles. The van der Waals surface area contributed by atoms with Crippen LogP contribution in [0.5, 0.6) is 0 Å². The number of hydrogen-bond acceptors (Lipinski definition) is 6. The van der Waals surface area contributed by atoms with E-state index in [0.29, 0.717) is 6.54 Å². The number of aliphatic hydroxyl groups is 4. The van der Waals surface area contributed by atoms with Crippen LogP contribution < -0.4 is 5.32 Å². The van der Waals surface area contributed by atoms with Gasteiger partial charge in [-0.3, -0.25) is 4.79 Å². The lowest BCUT2D eigenvalue weighted by atomic mass is 10.0. The van der Waals surface area contributed by atoms with Crippen LogP contribution >= 0.6 is 22.6 Å². The maximum absolute atomic E-state index is 11.8. The highest BCUT2D eigenvalue weighted by Gasteiger charge is 2.29. The van der Waals surface area contributed by atoms with Crippen molar-refractivity contribution < 1.29 is 25.2 Å². The minimum atomic E-state index is -1.72. The third-order valence-corrected chi connectivity index (χ3v) is 3.55. The van der Waals surface area contributed by atoms with Gasteiger partial charge in [0.2, 0.25) is 0 Å². The fraction of sp³-hybridized carbons (Fsp3) is 0.462. The first-order valence-electron chi connectivity index (χ1n) is 6.09. The Kier molecular flexibility index (Phi) is 7.56. The molecular weight excluding hydrogens is 377 g/mol. The maximum atomic E-state index is 11.8. The van der Waals surface area contributed by atoms with Crippen molar-refractivity contribution in [2.24, 2.45) is 0 Å². The lowest BCUT2D eigenvalue weighted by Crippen LogP contribution is -2.49. The SMILES string of the molecule is O=C([C@H](CO)NCc1ccc(I)cc1)[C@H](O)[C@H](O)CO. The molecule has 0 bridgehead atoms. The molecule has 0 amide bonds. The number of benzene rings is 1. The molecule has 0 radical (unpaired) electrons. The van der Waals surface area contributed by atoms with E-state index >= 15 is 0 Å². The van der Waals surface area contributed by atoms with Crippen molar-refractivity contribution in [2.45, 2.75) is 24.8 Å². The second kappa shape index (κ2) is 8.65. The van der Waals surface area contributed by atoms with Gasteiger partial charge in [-0.2, -0.15) is 0 Å². The summed E-state index contributed by atoms with van der Waals surface area (Å²) in [5, 5.41) is 39.4. The molecule has 3 atom stereocenters. The Morgan fingerprint density at radius 1 is 1.15 bits per heavy atom. The van der Waals surface area contributed by atoms with Crippen LogP contribution in [0.1, 0.15) is 5.56 Å². The molecule has 112 valence electrons. The lowest BCUT2D eigenvalue weighted by molar-refractivity contribution is -0.137. The van der Waals surface area contributed by atoms with Crippen molar-refractivity contribution in [1.29, 1.82) is 0 Å². The van der Waals surface area contributed by atoms with Crippen LogP contribution in [0.4, 0.5) is 0 Å². The third kappa shape index (κ3) is 5.08. The van der Waals surface area contributed by atoms with E-state index in [-0.39, 0.29) is 0 Å². The molecule has 1 rings (SSSR count). The van der Waals surface area contributed by atoms with Crippen molar-refractivity contribution >= 4 is 28.4 Å². The fourth-order valence-corrected chi connectivity index (χ4v) is 1.95. The molecule has 0 aliphatic carbocycles. The summed E-state index contributed by atoms with van der Waals surface area (Å²) in [6, 6.07) is 6.60. The lowest BCUT2D eigenvalue weighted by Gasteiger charge is -2.21. The Bertz CT molecular complexity index is 425. The van der Waals surface area contributed by atoms with E-state index in [0.717, 1.165) is 9.13 Å². The standard InChI is InChI=1S/C13H18INO5/c14-9-3-1-8(2-4-9)5-15-10(6-16)12(19)13(20)11(18)7-17/h1-4,10-11,13,15-18,20H,5-7H2/t10-,11+,13+/m0/s1. The number of hydrogen-bond donors (Lipinski definition) is 5. The van der Waals surface area contributed by atoms with Crippen molar-refractivity contribution in [3.63, 3.8) is 0 Å². The van der Waals surface area contributed by atoms with Crippen LogP contribution in [0.3, 0.4) is 0 Å². The molecule has 20 heavy (non-hydrogen) atoms. The normalized spacial score (nSPS) is 15.7. The van der Waals surface area contributed by atoms with Gasteiger partial charge in [-0.25, -0.2) is 0 Å². The molecule has 0 unspecified atom stereocenters. The van der Waals surface area contributed by atoms with Crippen LogP contribution in [0, 0.1) is 3.57 Å². The zero-order chi connectivity index (χ0) is 15.1. The number of aliphatic hydroxyl groups excluding tert-OH is 4. The highest BCUT2D eigenvalue weighted by atomic mass is 127. The van der Waals surface area contributed by atoms with E-state index in [9.17, 15) is 20.1 Å². The predicted octanol–water partition coefficient (Wildman–Crippen LogP) is -0.975. The van der Waals surface area contributed by atoms with Crippen LogP contribution in [0.15, 0.2) is 24.3 Å². The van der Waals surface area contributed by atoms with Crippen molar-refractivity contribution in [2.75, 3.05) is 13.2 Å². The molecule has 1 aromatic rings. The number of carbonyl (C=O) groups excluding carboxylic acids is 1. The van der Waals surface area contributed by atoms with Gasteiger partial charge >= 0.3 is 0 Å². The number of carbonyl (C=O) groups is 1. The zero-order valence-corrected chi connectivity index (χ0v) is 12.9. The van der Waals surface area contributed by atoms with Gasteiger partial charge in [0.25, 0.3) is 0 Å². The summed E-state index contributed by atoms with van der Waals surface area (Å²) in [6.45, 7) is -0.879. The van der Waals surface area contributed by atoms with E-state index in [1.165, 1.54) is 0 Å². The van der Waals surface area contributed by atoms with Gasteiger partial charge in [0.05, 0.1) is 19.3 Å². The first kappa shape index (κ1) is 17.5. The second-order valence-electron chi connectivity index (χ2n) is 4.34. The van der Waals surface area contributed by atoms with Gasteiger partial charge in [0.15, 0.2) is 5.78 Å². The van der Waals surface area contributed by atoms with Gasteiger partial charge in [-0.05, 0) is 40.3 Å². The van der Waals surface area contributed by atoms with E-state index in [4.69, 9.17) is 5.11 Å². The summed E-state index contributed by atoms with van der Waals surface area (Å²) in [7, 11) is 0. The monoisotopic (exact) mass is 395 g/mol. The van der Waals surface area contributed by atoms with E-state index in [1.807, 2.05) is 24.3 Å². The van der Waals surface area contributed by atoms with Crippen molar-refractivity contribution in [1.82, 2.24) is 5.32 Å². The average Bonchev–Trinajstić information content (AvgIpc) is 2.47. The quantitative estimate of drug-likeness (QED) is 0.363. The first-order valence-corrected chi connectivity index (χ1v) is 7.17. The molecule has 6 nitrogen and oxygen atoms in total. The molecule has 5 N–H and O–H groups in total. The smallest absolute Gasteiger partial charge is 0.183 e. The molecule has 7 heteroatoms. The van der Waals surface area contributed by atoms with Crippen LogP contribution in [0.25, 0.3) is 0 Å². The maximum Gasteiger partial charge on any atom is 0.183 e. The Balaban J connectivity index is 2.58. The molecule has 1 aromatic carbocycles. The Morgan fingerprint density at radius 3 is 2.25 bits per heavy atom. The number of halogens is 1. The fourth-order valence-electron chi connectivity index (χ4n) is 1.59. The van der Waals surface area contributed by atoms with Gasteiger partial charge < -0.3 is 25.7 Å². The minimum absolute atomic E-state index is 0.343. The zero-order valence-electron chi connectivity index (χ0n) is 10.7. The molecule has 0 aromatic heterocycles. The Morgan fingerprint density at radius 2 is 1.75 bits per heavy atom. The van der Waals surface area contributed by atoms with Gasteiger partial charge in [-0.15, -0.1) is 0 Å². The van der Waals surface area contributed by atoms with Gasteiger partial charge in [0.1, 0.15) is 12.2 Å². The van der Waals surface area contributed by atoms with Crippen molar-refractivity contribution in [3.8, 4) is 0 Å². The topological polar surface area (TPSA) is 110 Å². The summed E-state index contributed by atoms with van der Waals surface area (Å²) < 4.78 is 1.09. The summed E-state index contributed by atoms with van der Waals surface area (Å²) >= 11 is 2.18. The van der Waals surface area contributed by atoms with Gasteiger partial charge in [0, 0.05) is 10.1 Å². The number of nitrogens with one attached hydrogen (secondary N) is 1. The summed E-state index contributed by atoms with van der Waals surface area (Å²) in [5.74, 6) is -0.750. The molecule has 0 spiro atoms. The number of ketones is 1. The summed E-state index contributed by atoms with van der Waals surface area (Å²) in [6.07, 6.45) is -3.27. The molecule has 0 heterocycles.